The Morgan fingerprint density at radius 1 is 0.298 bits per heavy atom. The van der Waals surface area contributed by atoms with Crippen LogP contribution in [0.25, 0.3) is 0 Å². The van der Waals surface area contributed by atoms with E-state index in [1.54, 1.807) is 0 Å². The molecule has 47 heavy (non-hydrogen) atoms. The Balaban J connectivity index is 2.94. The van der Waals surface area contributed by atoms with Gasteiger partial charge in [-0.1, -0.05) is 0 Å². The zero-order valence-corrected chi connectivity index (χ0v) is 35.4. The van der Waals surface area contributed by atoms with Crippen molar-refractivity contribution < 1.29 is 3.74 Å². The Kier molecular flexibility index (Phi) is 12.8. The van der Waals surface area contributed by atoms with E-state index in [4.69, 9.17) is 0 Å². The zero-order chi connectivity index (χ0) is 35.9. The summed E-state index contributed by atoms with van der Waals surface area (Å²) in [6.07, 6.45) is 0. The van der Waals surface area contributed by atoms with Crippen molar-refractivity contribution in [3.8, 4) is 0 Å². The maximum atomic E-state index is 17.9. The van der Waals surface area contributed by atoms with E-state index in [9.17, 15) is 0 Å². The molecule has 0 amide bonds. The van der Waals surface area contributed by atoms with Gasteiger partial charge in [0.2, 0.25) is 0 Å². The number of hydrogen-bond acceptors (Lipinski definition) is 1. The van der Waals surface area contributed by atoms with Gasteiger partial charge in [-0.3, -0.25) is 0 Å². The number of rotatable bonds is 12. The molecule has 0 atom stereocenters. The summed E-state index contributed by atoms with van der Waals surface area (Å²) in [5.74, 6) is 2.67. The van der Waals surface area contributed by atoms with Gasteiger partial charge in [-0.15, -0.1) is 0 Å². The van der Waals surface area contributed by atoms with Gasteiger partial charge < -0.3 is 0 Å². The normalized spacial score (nSPS) is 13.0. The van der Waals surface area contributed by atoms with Crippen LogP contribution in [0.5, 0.6) is 0 Å². The third-order valence-electron chi connectivity index (χ3n) is 10.3. The van der Waals surface area contributed by atoms with Gasteiger partial charge in [0.25, 0.3) is 0 Å². The molecule has 1 nitrogen and oxygen atoms in total. The van der Waals surface area contributed by atoms with E-state index >= 15 is 3.74 Å². The van der Waals surface area contributed by atoms with Crippen LogP contribution in [0.1, 0.15) is 228 Å². The molecular weight excluding hydrogens is 631 g/mol. The fourth-order valence-corrected chi connectivity index (χ4v) is 17.2. The molecule has 0 aliphatic rings. The second-order valence-electron chi connectivity index (χ2n) is 17.1. The van der Waals surface area contributed by atoms with Gasteiger partial charge in [-0.2, -0.15) is 0 Å². The van der Waals surface area contributed by atoms with Gasteiger partial charge >= 0.3 is 295 Å². The summed E-state index contributed by atoms with van der Waals surface area (Å²) in [6.45, 7) is 41.6. The summed E-state index contributed by atoms with van der Waals surface area (Å²) in [4.78, 5) is 0. The van der Waals surface area contributed by atoms with Crippen molar-refractivity contribution in [2.45, 2.75) is 178 Å². The molecule has 3 aromatic rings. The molecule has 0 saturated heterocycles. The fraction of sp³-hybridized carbons (Fsp3) is 0.600. The van der Waals surface area contributed by atoms with Crippen molar-refractivity contribution in [1.82, 2.24) is 0 Å². The molecule has 0 unspecified atom stereocenters. The molecule has 0 heterocycles. The molecule has 3 rings (SSSR count). The molecule has 0 aliphatic carbocycles. The van der Waals surface area contributed by atoms with Gasteiger partial charge in [0.15, 0.2) is 0 Å². The van der Waals surface area contributed by atoms with Crippen molar-refractivity contribution in [3.63, 3.8) is 0 Å². The average molecular weight is 701 g/mol. The van der Waals surface area contributed by atoms with Gasteiger partial charge in [-0.25, -0.2) is 0 Å². The Morgan fingerprint density at radius 3 is 0.553 bits per heavy atom. The van der Waals surface area contributed by atoms with Crippen LogP contribution < -0.4 is 13.1 Å². The molecule has 0 saturated carbocycles. The van der Waals surface area contributed by atoms with E-state index in [-0.39, 0.29) is 35.5 Å². The maximum absolute atomic E-state index is 17.9. The van der Waals surface area contributed by atoms with Crippen LogP contribution in [0.3, 0.4) is 0 Å². The molecule has 0 radical (unpaired) electrons. The fourth-order valence-electron chi connectivity index (χ4n) is 7.18. The first-order chi connectivity index (χ1) is 21.7. The van der Waals surface area contributed by atoms with Crippen molar-refractivity contribution >= 4 is 26.5 Å². The topological polar surface area (TPSA) is 17.1 Å². The molecule has 0 aromatic heterocycles. The zero-order valence-electron chi connectivity index (χ0n) is 33.5. The van der Waals surface area contributed by atoms with Gasteiger partial charge in [0.1, 0.15) is 0 Å². The molecule has 0 N–H and O–H groups in total. The number of hydrogen-bond donors (Lipinski definition) is 0. The molecular formula is C45H69AsO. The van der Waals surface area contributed by atoms with Crippen molar-refractivity contribution in [1.29, 1.82) is 0 Å². The van der Waals surface area contributed by atoms with Gasteiger partial charge in [0.05, 0.1) is 0 Å². The first-order valence-corrected chi connectivity index (χ1v) is 22.4. The number of benzene rings is 3. The molecule has 0 aliphatic heterocycles. The summed E-state index contributed by atoms with van der Waals surface area (Å²) in [5.41, 5.74) is 11.8. The van der Waals surface area contributed by atoms with Crippen molar-refractivity contribution in [2.24, 2.45) is 0 Å². The second kappa shape index (κ2) is 15.3. The van der Waals surface area contributed by atoms with Crippen LogP contribution in [0.2, 0.25) is 0 Å². The summed E-state index contributed by atoms with van der Waals surface area (Å²) in [5, 5.41) is 0. The minimum atomic E-state index is -4.50. The van der Waals surface area contributed by atoms with E-state index in [0.717, 1.165) is 0 Å². The third kappa shape index (κ3) is 7.77. The van der Waals surface area contributed by atoms with E-state index in [2.05, 4.69) is 161 Å². The Hall–Kier alpha value is -1.98. The summed E-state index contributed by atoms with van der Waals surface area (Å²) in [6, 6.07) is 14.6. The van der Waals surface area contributed by atoms with Crippen molar-refractivity contribution in [2.75, 3.05) is 0 Å². The molecule has 0 fully saturated rings. The predicted molar refractivity (Wildman–Crippen MR) is 211 cm³/mol. The quantitative estimate of drug-likeness (QED) is 0.172. The Labute approximate surface area is 293 Å². The monoisotopic (exact) mass is 700 g/mol. The molecule has 2 heteroatoms. The standard InChI is InChI=1S/C45H69AsO/c1-25(2)34-19-37(28(7)8)43(38(20-34)29(9)10)46(47,44-39(30(11)12)21-35(26(3)4)22-40(44)31(13)14)45-41(32(15)16)23-36(27(5)6)24-42(45)33(17)18/h19-33H,1-18H3. The van der Waals surface area contributed by atoms with Crippen LogP contribution in [-0.4, -0.2) is 13.5 Å². The minimum absolute atomic E-state index is 0.246. The molecule has 0 bridgehead atoms. The second-order valence-corrected chi connectivity index (χ2v) is 22.5. The van der Waals surface area contributed by atoms with Gasteiger partial charge in [-0.05, 0) is 0 Å². The van der Waals surface area contributed by atoms with Crippen LogP contribution >= 0.6 is 0 Å². The van der Waals surface area contributed by atoms with Gasteiger partial charge in [0, 0.05) is 0 Å². The third-order valence-corrected chi connectivity index (χ3v) is 17.5. The molecule has 260 valence electrons. The molecule has 3 aromatic carbocycles. The Bertz CT molecular complexity index is 1320. The van der Waals surface area contributed by atoms with Crippen LogP contribution in [-0.2, 0) is 3.74 Å². The SMILES string of the molecule is CC(C)c1cc(C(C)C)c([As](=O)(c2c(C(C)C)cc(C(C)C)cc2C(C)C)c2c(C(C)C)cc(C(C)C)cc2C(C)C)c(C(C)C)c1. The van der Waals surface area contributed by atoms with E-state index in [1.807, 2.05) is 0 Å². The van der Waals surface area contributed by atoms with E-state index in [1.165, 1.54) is 63.1 Å². The molecule has 0 spiro atoms. The predicted octanol–water partition coefficient (Wildman–Crippen LogP) is 12.2. The first kappa shape index (κ1) is 39.5. The summed E-state index contributed by atoms with van der Waals surface area (Å²) >= 11 is -4.50. The summed E-state index contributed by atoms with van der Waals surface area (Å²) in [7, 11) is 0. The van der Waals surface area contributed by atoms with E-state index < -0.39 is 13.5 Å². The first-order valence-electron chi connectivity index (χ1n) is 18.8. The summed E-state index contributed by atoms with van der Waals surface area (Å²) < 4.78 is 21.4. The Morgan fingerprint density at radius 2 is 0.447 bits per heavy atom. The van der Waals surface area contributed by atoms with Crippen molar-refractivity contribution in [3.05, 3.63) is 86.5 Å². The average Bonchev–Trinajstić information content (AvgIpc) is 2.98. The van der Waals surface area contributed by atoms with Crippen LogP contribution in [0.4, 0.5) is 0 Å². The van der Waals surface area contributed by atoms with E-state index in [0.29, 0.717) is 17.8 Å². The van der Waals surface area contributed by atoms with Crippen LogP contribution in [0, 0.1) is 0 Å². The van der Waals surface area contributed by atoms with Crippen LogP contribution in [0.15, 0.2) is 36.4 Å².